The highest BCUT2D eigenvalue weighted by molar-refractivity contribution is 7.91. The fourth-order valence-electron chi connectivity index (χ4n) is 3.87. The molecule has 1 amide bonds. The Morgan fingerprint density at radius 1 is 1.08 bits per heavy atom. The highest BCUT2D eigenvalue weighted by Crippen LogP contribution is 2.33. The van der Waals surface area contributed by atoms with Gasteiger partial charge in [0, 0.05) is 11.7 Å². The van der Waals surface area contributed by atoms with Crippen LogP contribution in [0.5, 0.6) is 5.75 Å². The number of ether oxygens (including phenoxy) is 1. The molecule has 0 bridgehead atoms. The van der Waals surface area contributed by atoms with Gasteiger partial charge in [-0.2, -0.15) is 0 Å². The monoisotopic (exact) mass is 380 g/mol. The summed E-state index contributed by atoms with van der Waals surface area (Å²) in [4.78, 5) is 13.1. The highest BCUT2D eigenvalue weighted by atomic mass is 32.2. The van der Waals surface area contributed by atoms with Gasteiger partial charge in [-0.05, 0) is 49.9 Å². The van der Waals surface area contributed by atoms with E-state index in [4.69, 9.17) is 4.74 Å². The Bertz CT molecular complexity index is 710. The first-order valence-corrected chi connectivity index (χ1v) is 11.2. The minimum Gasteiger partial charge on any atom is -0.497 e. The second kappa shape index (κ2) is 7.86. The van der Waals surface area contributed by atoms with Gasteiger partial charge in [-0.1, -0.05) is 19.3 Å². The number of amides is 1. The molecule has 0 unspecified atom stereocenters. The fourth-order valence-corrected chi connectivity index (χ4v) is 5.36. The zero-order chi connectivity index (χ0) is 18.6. The molecule has 2 aliphatic rings. The topological polar surface area (TPSA) is 84.5 Å². The van der Waals surface area contributed by atoms with E-state index in [2.05, 4.69) is 10.6 Å². The summed E-state index contributed by atoms with van der Waals surface area (Å²) in [5.41, 5.74) is 0.275. The molecule has 1 saturated carbocycles. The van der Waals surface area contributed by atoms with Gasteiger partial charge in [0.25, 0.3) is 0 Å². The molecule has 3 rings (SSSR count). The fraction of sp³-hybridized carbons (Fsp3) is 0.632. The van der Waals surface area contributed by atoms with E-state index in [9.17, 15) is 13.2 Å². The Balaban J connectivity index is 1.70. The van der Waals surface area contributed by atoms with E-state index in [0.717, 1.165) is 43.5 Å². The number of benzene rings is 1. The summed E-state index contributed by atoms with van der Waals surface area (Å²) < 4.78 is 28.4. The summed E-state index contributed by atoms with van der Waals surface area (Å²) in [5, 5.41) is 6.58. The van der Waals surface area contributed by atoms with Crippen LogP contribution in [-0.2, 0) is 14.6 Å². The molecule has 1 aliphatic heterocycles. The standard InChI is InChI=1S/C19H28N2O4S/c1-25-17-7-5-16(6-8-17)21-19(11-3-2-4-12-19)18(22)20-15-9-13-26(23,24)14-10-15/h5-8,15,21H,2-4,9-14H2,1H3,(H,20,22). The molecule has 0 radical (unpaired) electrons. The maximum absolute atomic E-state index is 13.1. The summed E-state index contributed by atoms with van der Waals surface area (Å²) in [5.74, 6) is 1.10. The van der Waals surface area contributed by atoms with Gasteiger partial charge in [-0.25, -0.2) is 8.42 Å². The number of hydrogen-bond donors (Lipinski definition) is 2. The van der Waals surface area contributed by atoms with Crippen molar-refractivity contribution in [3.05, 3.63) is 24.3 Å². The van der Waals surface area contributed by atoms with Crippen LogP contribution in [-0.4, -0.2) is 44.5 Å². The quantitative estimate of drug-likeness (QED) is 0.820. The normalized spacial score (nSPS) is 22.3. The van der Waals surface area contributed by atoms with Crippen LogP contribution < -0.4 is 15.4 Å². The van der Waals surface area contributed by atoms with Crippen LogP contribution in [0.15, 0.2) is 24.3 Å². The molecular formula is C19H28N2O4S. The van der Waals surface area contributed by atoms with Crippen molar-refractivity contribution >= 4 is 21.4 Å². The van der Waals surface area contributed by atoms with E-state index in [-0.39, 0.29) is 23.5 Å². The summed E-state index contributed by atoms with van der Waals surface area (Å²) in [7, 11) is -1.30. The lowest BCUT2D eigenvalue weighted by molar-refractivity contribution is -0.127. The van der Waals surface area contributed by atoms with Crippen LogP contribution in [0.1, 0.15) is 44.9 Å². The summed E-state index contributed by atoms with van der Waals surface area (Å²) >= 11 is 0. The van der Waals surface area contributed by atoms with Crippen molar-refractivity contribution < 1.29 is 17.9 Å². The Labute approximate surface area is 155 Å². The number of sulfone groups is 1. The molecular weight excluding hydrogens is 352 g/mol. The molecule has 2 fully saturated rings. The maximum Gasteiger partial charge on any atom is 0.245 e. The first-order valence-electron chi connectivity index (χ1n) is 9.36. The van der Waals surface area contributed by atoms with Crippen LogP contribution >= 0.6 is 0 Å². The third kappa shape index (κ3) is 4.50. The molecule has 6 nitrogen and oxygen atoms in total. The number of carbonyl (C=O) groups excluding carboxylic acids is 1. The predicted molar refractivity (Wildman–Crippen MR) is 102 cm³/mol. The van der Waals surface area contributed by atoms with Crippen molar-refractivity contribution in [2.24, 2.45) is 0 Å². The number of anilines is 1. The van der Waals surface area contributed by atoms with Gasteiger partial charge in [-0.15, -0.1) is 0 Å². The smallest absolute Gasteiger partial charge is 0.245 e. The largest absolute Gasteiger partial charge is 0.497 e. The van der Waals surface area contributed by atoms with Gasteiger partial charge in [0.15, 0.2) is 0 Å². The van der Waals surface area contributed by atoms with Crippen LogP contribution in [0.3, 0.4) is 0 Å². The van der Waals surface area contributed by atoms with E-state index < -0.39 is 15.4 Å². The van der Waals surface area contributed by atoms with Crippen molar-refractivity contribution in [2.75, 3.05) is 23.9 Å². The Morgan fingerprint density at radius 2 is 1.69 bits per heavy atom. The first-order chi connectivity index (χ1) is 12.4. The number of nitrogens with one attached hydrogen (secondary N) is 2. The van der Waals surface area contributed by atoms with E-state index in [0.29, 0.717) is 12.8 Å². The molecule has 0 aromatic heterocycles. The van der Waals surface area contributed by atoms with Crippen molar-refractivity contribution in [1.82, 2.24) is 5.32 Å². The second-order valence-corrected chi connectivity index (χ2v) is 9.70. The molecule has 0 atom stereocenters. The summed E-state index contributed by atoms with van der Waals surface area (Å²) in [6, 6.07) is 7.55. The second-order valence-electron chi connectivity index (χ2n) is 7.40. The van der Waals surface area contributed by atoms with Crippen molar-refractivity contribution in [3.8, 4) is 5.75 Å². The number of carbonyl (C=O) groups is 1. The SMILES string of the molecule is COc1ccc(NC2(C(=O)NC3CCS(=O)(=O)CC3)CCCCC2)cc1. The Hall–Kier alpha value is -1.76. The van der Waals surface area contributed by atoms with E-state index >= 15 is 0 Å². The molecule has 1 aromatic carbocycles. The van der Waals surface area contributed by atoms with Crippen LogP contribution in [0, 0.1) is 0 Å². The van der Waals surface area contributed by atoms with Gasteiger partial charge < -0.3 is 15.4 Å². The molecule has 1 saturated heterocycles. The number of methoxy groups -OCH3 is 1. The maximum atomic E-state index is 13.1. The zero-order valence-corrected chi connectivity index (χ0v) is 16.1. The summed E-state index contributed by atoms with van der Waals surface area (Å²) in [6.45, 7) is 0. The molecule has 7 heteroatoms. The van der Waals surface area contributed by atoms with Crippen molar-refractivity contribution in [3.63, 3.8) is 0 Å². The van der Waals surface area contributed by atoms with E-state index in [1.54, 1.807) is 7.11 Å². The summed E-state index contributed by atoms with van der Waals surface area (Å²) in [6.07, 6.45) is 5.75. The number of hydrogen-bond acceptors (Lipinski definition) is 5. The number of rotatable bonds is 5. The Kier molecular flexibility index (Phi) is 5.75. The van der Waals surface area contributed by atoms with Crippen molar-refractivity contribution in [1.29, 1.82) is 0 Å². The average molecular weight is 381 g/mol. The average Bonchev–Trinajstić information content (AvgIpc) is 2.65. The molecule has 2 N–H and O–H groups in total. The third-order valence-corrected chi connectivity index (χ3v) is 7.22. The predicted octanol–water partition coefficient (Wildman–Crippen LogP) is 2.50. The van der Waals surface area contributed by atoms with Crippen LogP contribution in [0.4, 0.5) is 5.69 Å². The van der Waals surface area contributed by atoms with Gasteiger partial charge in [0.2, 0.25) is 5.91 Å². The molecule has 1 aromatic rings. The third-order valence-electron chi connectivity index (χ3n) is 5.51. The van der Waals surface area contributed by atoms with Gasteiger partial charge in [-0.3, -0.25) is 4.79 Å². The Morgan fingerprint density at radius 3 is 2.27 bits per heavy atom. The van der Waals surface area contributed by atoms with E-state index in [1.165, 1.54) is 0 Å². The van der Waals surface area contributed by atoms with Crippen molar-refractivity contribution in [2.45, 2.75) is 56.5 Å². The lowest BCUT2D eigenvalue weighted by Crippen LogP contribution is -2.56. The zero-order valence-electron chi connectivity index (χ0n) is 15.3. The highest BCUT2D eigenvalue weighted by Gasteiger charge is 2.40. The molecule has 1 aliphatic carbocycles. The van der Waals surface area contributed by atoms with Gasteiger partial charge in [0.05, 0.1) is 18.6 Å². The minimum atomic E-state index is -2.93. The van der Waals surface area contributed by atoms with Gasteiger partial charge >= 0.3 is 0 Å². The molecule has 144 valence electrons. The molecule has 1 heterocycles. The van der Waals surface area contributed by atoms with Crippen LogP contribution in [0.25, 0.3) is 0 Å². The first kappa shape index (κ1) is 19.0. The van der Waals surface area contributed by atoms with E-state index in [1.807, 2.05) is 24.3 Å². The lowest BCUT2D eigenvalue weighted by atomic mass is 9.80. The van der Waals surface area contributed by atoms with Crippen LogP contribution in [0.2, 0.25) is 0 Å². The molecule has 0 spiro atoms. The minimum absolute atomic E-state index is 0.00249. The molecule has 26 heavy (non-hydrogen) atoms. The lowest BCUT2D eigenvalue weighted by Gasteiger charge is -2.39. The van der Waals surface area contributed by atoms with Gasteiger partial charge in [0.1, 0.15) is 21.1 Å².